The summed E-state index contributed by atoms with van der Waals surface area (Å²) < 4.78 is 5.93. The van der Waals surface area contributed by atoms with Gasteiger partial charge in [0.05, 0.1) is 6.61 Å². The number of aromatic nitrogens is 6. The van der Waals surface area contributed by atoms with Gasteiger partial charge in [-0.2, -0.15) is 0 Å². The highest BCUT2D eigenvalue weighted by Gasteiger charge is 2.15. The van der Waals surface area contributed by atoms with Crippen molar-refractivity contribution in [2.24, 2.45) is 0 Å². The fourth-order valence-corrected chi connectivity index (χ4v) is 3.23. The van der Waals surface area contributed by atoms with Crippen LogP contribution in [0.5, 0.6) is 0 Å². The quantitative estimate of drug-likeness (QED) is 0.479. The van der Waals surface area contributed by atoms with Gasteiger partial charge < -0.3 is 4.74 Å². The Kier molecular flexibility index (Phi) is 5.76. The topological polar surface area (TPSA) is 110 Å². The summed E-state index contributed by atoms with van der Waals surface area (Å²) in [4.78, 5) is 22.9. The maximum Gasteiger partial charge on any atom is 0.415 e. The molecule has 0 saturated carbocycles. The molecule has 0 aliphatic carbocycles. The van der Waals surface area contributed by atoms with Gasteiger partial charge in [-0.15, -0.1) is 17.7 Å². The zero-order valence-corrected chi connectivity index (χ0v) is 15.3. The molecule has 0 fully saturated rings. The highest BCUT2D eigenvalue weighted by Crippen LogP contribution is 2.25. The van der Waals surface area contributed by atoms with Crippen LogP contribution in [0.15, 0.2) is 16.5 Å². The first-order valence-electron chi connectivity index (χ1n) is 7.73. The first-order valence-corrected chi connectivity index (χ1v) is 8.99. The minimum Gasteiger partial charge on any atom is -0.449 e. The maximum absolute atomic E-state index is 12.1. The lowest BCUT2D eigenvalue weighted by atomic mass is 10.2. The summed E-state index contributed by atoms with van der Waals surface area (Å²) in [6.45, 7) is 0.363. The van der Waals surface area contributed by atoms with Crippen LogP contribution in [0.3, 0.4) is 0 Å². The third kappa shape index (κ3) is 4.63. The largest absolute Gasteiger partial charge is 0.449 e. The minimum absolute atomic E-state index is 0.363. The van der Waals surface area contributed by atoms with Crippen molar-refractivity contribution in [1.82, 2.24) is 30.6 Å². The van der Waals surface area contributed by atoms with E-state index in [0.717, 1.165) is 41.9 Å². The lowest BCUT2D eigenvalue weighted by molar-refractivity contribution is 0.152. The summed E-state index contributed by atoms with van der Waals surface area (Å²) in [7, 11) is 1.63. The Hall–Kier alpha value is -2.27. The van der Waals surface area contributed by atoms with Crippen LogP contribution in [0.1, 0.15) is 25.1 Å². The number of anilines is 1. The Morgan fingerprint density at radius 1 is 1.32 bits per heavy atom. The van der Waals surface area contributed by atoms with Crippen molar-refractivity contribution in [3.63, 3.8) is 0 Å². The molecule has 0 aliphatic heterocycles. The number of H-pyrrole nitrogens is 1. The van der Waals surface area contributed by atoms with E-state index < -0.39 is 6.09 Å². The van der Waals surface area contributed by atoms with E-state index in [4.69, 9.17) is 4.74 Å². The summed E-state index contributed by atoms with van der Waals surface area (Å²) in [6.07, 6.45) is 2.99. The predicted molar refractivity (Wildman–Crippen MR) is 96.2 cm³/mol. The standard InChI is InChI=1S/C14H17N7O2S2/c1-21(11-7-6-9-12(16-11)25-13(24)15-9)14(22)23-8-4-2-3-5-10-17-19-20-18-10/h6-7H,2-5,8H2,1H3,(H,15,24)(H,17,18,19,20). The first kappa shape index (κ1) is 17.5. The molecule has 0 bridgehead atoms. The lowest BCUT2D eigenvalue weighted by Gasteiger charge is -2.15. The molecule has 0 aliphatic rings. The van der Waals surface area contributed by atoms with Gasteiger partial charge in [-0.05, 0) is 41.8 Å². The van der Waals surface area contributed by atoms with Crippen molar-refractivity contribution < 1.29 is 9.53 Å². The second-order valence-corrected chi connectivity index (χ2v) is 7.03. The molecule has 3 aromatic heterocycles. The summed E-state index contributed by atoms with van der Waals surface area (Å²) in [6, 6.07) is 3.55. The fourth-order valence-electron chi connectivity index (χ4n) is 2.19. The van der Waals surface area contributed by atoms with Gasteiger partial charge >= 0.3 is 6.09 Å². The summed E-state index contributed by atoms with van der Waals surface area (Å²) in [5, 5.41) is 13.6. The van der Waals surface area contributed by atoms with Crippen molar-refractivity contribution in [3.05, 3.63) is 18.0 Å². The van der Waals surface area contributed by atoms with Gasteiger partial charge in [-0.25, -0.2) is 19.9 Å². The molecule has 25 heavy (non-hydrogen) atoms. The van der Waals surface area contributed by atoms with E-state index in [0.29, 0.717) is 16.8 Å². The van der Waals surface area contributed by atoms with Crippen LogP contribution in [0.2, 0.25) is 0 Å². The van der Waals surface area contributed by atoms with Crippen LogP contribution in [0.25, 0.3) is 10.3 Å². The van der Waals surface area contributed by atoms with Crippen LogP contribution < -0.4 is 4.90 Å². The number of fused-ring (bicyclic) bond motifs is 1. The van der Waals surface area contributed by atoms with E-state index in [-0.39, 0.29) is 0 Å². The SMILES string of the molecule is CN(C(=O)OCCCCCc1nnn[nH]1)c1ccc2nc(S)sc2n1. The second-order valence-electron chi connectivity index (χ2n) is 5.32. The molecule has 3 aromatic rings. The predicted octanol–water partition coefficient (Wildman–Crippen LogP) is 2.48. The van der Waals surface area contributed by atoms with Gasteiger partial charge in [0.1, 0.15) is 26.3 Å². The second kappa shape index (κ2) is 8.21. The van der Waals surface area contributed by atoms with Gasteiger partial charge in [-0.1, -0.05) is 11.3 Å². The summed E-state index contributed by atoms with van der Waals surface area (Å²) in [5.74, 6) is 1.29. The molecule has 1 N–H and O–H groups in total. The third-order valence-corrected chi connectivity index (χ3v) is 4.66. The van der Waals surface area contributed by atoms with E-state index in [1.54, 1.807) is 13.1 Å². The van der Waals surface area contributed by atoms with Gasteiger partial charge in [0, 0.05) is 13.5 Å². The van der Waals surface area contributed by atoms with Crippen molar-refractivity contribution in [3.8, 4) is 0 Å². The Morgan fingerprint density at radius 3 is 3.00 bits per heavy atom. The number of thiol groups is 1. The molecule has 0 radical (unpaired) electrons. The number of hydrogen-bond donors (Lipinski definition) is 2. The molecular weight excluding hydrogens is 362 g/mol. The molecule has 0 spiro atoms. The molecule has 132 valence electrons. The Morgan fingerprint density at radius 2 is 2.20 bits per heavy atom. The maximum atomic E-state index is 12.1. The van der Waals surface area contributed by atoms with Gasteiger partial charge in [0.2, 0.25) is 0 Å². The zero-order valence-electron chi connectivity index (χ0n) is 13.5. The van der Waals surface area contributed by atoms with Crippen molar-refractivity contribution in [2.45, 2.75) is 30.0 Å². The van der Waals surface area contributed by atoms with Crippen LogP contribution in [-0.2, 0) is 11.2 Å². The highest BCUT2D eigenvalue weighted by atomic mass is 32.2. The monoisotopic (exact) mass is 379 g/mol. The zero-order chi connectivity index (χ0) is 17.6. The number of amides is 1. The number of unbranched alkanes of at least 4 members (excludes halogenated alkanes) is 2. The summed E-state index contributed by atoms with van der Waals surface area (Å²) in [5.41, 5.74) is 0.766. The number of aromatic amines is 1. The molecule has 0 aromatic carbocycles. The number of carbonyl (C=O) groups is 1. The lowest BCUT2D eigenvalue weighted by Crippen LogP contribution is -2.28. The van der Waals surface area contributed by atoms with Crippen molar-refractivity contribution in [1.29, 1.82) is 0 Å². The Balaban J connectivity index is 1.42. The van der Waals surface area contributed by atoms with E-state index >= 15 is 0 Å². The number of thiazole rings is 1. The van der Waals surface area contributed by atoms with Crippen LogP contribution >= 0.6 is 24.0 Å². The van der Waals surface area contributed by atoms with Gasteiger partial charge in [0.15, 0.2) is 0 Å². The highest BCUT2D eigenvalue weighted by molar-refractivity contribution is 7.82. The van der Waals surface area contributed by atoms with Crippen LogP contribution in [0.4, 0.5) is 10.6 Å². The van der Waals surface area contributed by atoms with E-state index in [1.807, 2.05) is 6.07 Å². The number of rotatable bonds is 7. The van der Waals surface area contributed by atoms with Crippen LogP contribution in [-0.4, -0.2) is 50.3 Å². The molecule has 0 unspecified atom stereocenters. The molecule has 3 heterocycles. The molecule has 9 nitrogen and oxygen atoms in total. The first-order chi connectivity index (χ1) is 12.1. The number of tetrazole rings is 1. The minimum atomic E-state index is -0.429. The van der Waals surface area contributed by atoms with Crippen LogP contribution in [0, 0.1) is 0 Å². The molecule has 0 saturated heterocycles. The average Bonchev–Trinajstić information content (AvgIpc) is 3.24. The van der Waals surface area contributed by atoms with Gasteiger partial charge in [-0.3, -0.25) is 4.90 Å². The fraction of sp³-hybridized carbons (Fsp3) is 0.429. The molecule has 11 heteroatoms. The van der Waals surface area contributed by atoms with E-state index in [9.17, 15) is 4.79 Å². The third-order valence-electron chi connectivity index (χ3n) is 3.52. The summed E-state index contributed by atoms with van der Waals surface area (Å²) >= 11 is 5.58. The van der Waals surface area contributed by atoms with Gasteiger partial charge in [0.25, 0.3) is 0 Å². The molecular formula is C14H17N7O2S2. The number of ether oxygens (including phenoxy) is 1. The van der Waals surface area contributed by atoms with Crippen molar-refractivity contribution >= 4 is 46.2 Å². The average molecular weight is 379 g/mol. The molecule has 1 amide bonds. The number of carbonyl (C=O) groups excluding carboxylic acids is 1. The van der Waals surface area contributed by atoms with E-state index in [1.165, 1.54) is 16.2 Å². The van der Waals surface area contributed by atoms with E-state index in [2.05, 4.69) is 43.2 Å². The Bertz CT molecular complexity index is 837. The number of pyridine rings is 1. The Labute approximate surface area is 153 Å². The molecule has 3 rings (SSSR count). The molecule has 0 atom stereocenters. The number of hydrogen-bond acceptors (Lipinski definition) is 9. The number of nitrogens with one attached hydrogen (secondary N) is 1. The number of aryl methyl sites for hydroxylation is 1. The smallest absolute Gasteiger partial charge is 0.415 e. The number of nitrogens with zero attached hydrogens (tertiary/aromatic N) is 6. The normalized spacial score (nSPS) is 11.0. The van der Waals surface area contributed by atoms with Crippen molar-refractivity contribution in [2.75, 3.05) is 18.6 Å².